The van der Waals surface area contributed by atoms with Crippen LogP contribution in [-0.2, 0) is 16.1 Å². The summed E-state index contributed by atoms with van der Waals surface area (Å²) in [6, 6.07) is 3.25. The van der Waals surface area contributed by atoms with E-state index in [1.54, 1.807) is 17.9 Å². The molecule has 0 atom stereocenters. The molecule has 0 bridgehead atoms. The summed E-state index contributed by atoms with van der Waals surface area (Å²) in [6.45, 7) is 6.08. The Morgan fingerprint density at radius 1 is 1.47 bits per heavy atom. The predicted octanol–water partition coefficient (Wildman–Crippen LogP) is 2.52. The van der Waals surface area contributed by atoms with Crippen LogP contribution in [-0.4, -0.2) is 30.6 Å². The van der Waals surface area contributed by atoms with Crippen LogP contribution in [0.15, 0.2) is 30.9 Å². The molecule has 0 heterocycles. The molecule has 3 nitrogen and oxygen atoms in total. The number of carbonyl (C=O) groups excluding carboxylic acids is 1. The number of carbonyl (C=O) groups is 1. The van der Waals surface area contributed by atoms with E-state index in [0.29, 0.717) is 6.54 Å². The third kappa shape index (κ3) is 5.18. The second-order valence-electron chi connectivity index (χ2n) is 4.00. The quantitative estimate of drug-likeness (QED) is 0.562. The molecule has 0 spiro atoms. The van der Waals surface area contributed by atoms with Crippen molar-refractivity contribution < 1.29 is 18.3 Å². The van der Waals surface area contributed by atoms with Crippen LogP contribution in [0.5, 0.6) is 0 Å². The van der Waals surface area contributed by atoms with Gasteiger partial charge >= 0.3 is 5.97 Å². The lowest BCUT2D eigenvalue weighted by Gasteiger charge is -2.19. The van der Waals surface area contributed by atoms with E-state index in [1.807, 2.05) is 0 Å². The Morgan fingerprint density at radius 3 is 2.84 bits per heavy atom. The fourth-order valence-electron chi connectivity index (χ4n) is 1.66. The van der Waals surface area contributed by atoms with Crippen molar-refractivity contribution in [3.63, 3.8) is 0 Å². The molecule has 0 amide bonds. The average molecular weight is 269 g/mol. The largest absolute Gasteiger partial charge is 0.465 e. The number of hydrogen-bond donors (Lipinski definition) is 0. The maximum Gasteiger partial charge on any atom is 0.320 e. The van der Waals surface area contributed by atoms with Gasteiger partial charge in [-0.1, -0.05) is 6.08 Å². The molecule has 0 saturated carbocycles. The normalized spacial score (nSPS) is 10.5. The standard InChI is InChI=1S/C14H17F2NO2/c1-3-7-17(10-14(18)19-4-2)9-11-8-12(15)5-6-13(11)16/h3,5-6,8H,1,4,7,9-10H2,2H3. The van der Waals surface area contributed by atoms with Gasteiger partial charge in [-0.05, 0) is 25.1 Å². The molecule has 0 N–H and O–H groups in total. The number of nitrogens with zero attached hydrogens (tertiary/aromatic N) is 1. The summed E-state index contributed by atoms with van der Waals surface area (Å²) in [7, 11) is 0. The number of hydrogen-bond acceptors (Lipinski definition) is 3. The smallest absolute Gasteiger partial charge is 0.320 e. The van der Waals surface area contributed by atoms with Gasteiger partial charge in [-0.3, -0.25) is 9.69 Å². The molecule has 0 aliphatic heterocycles. The van der Waals surface area contributed by atoms with Crippen LogP contribution < -0.4 is 0 Å². The summed E-state index contributed by atoms with van der Waals surface area (Å²) in [4.78, 5) is 13.0. The van der Waals surface area contributed by atoms with Crippen LogP contribution in [0, 0.1) is 11.6 Å². The minimum absolute atomic E-state index is 0.00974. The Labute approximate surface area is 111 Å². The molecule has 1 aromatic carbocycles. The first kappa shape index (κ1) is 15.3. The van der Waals surface area contributed by atoms with Crippen LogP contribution in [0.1, 0.15) is 12.5 Å². The predicted molar refractivity (Wildman–Crippen MR) is 68.5 cm³/mol. The topological polar surface area (TPSA) is 29.5 Å². The first-order valence-corrected chi connectivity index (χ1v) is 5.99. The molecule has 0 saturated heterocycles. The molecule has 1 rings (SSSR count). The second-order valence-corrected chi connectivity index (χ2v) is 4.00. The number of halogens is 2. The molecule has 0 unspecified atom stereocenters. The van der Waals surface area contributed by atoms with E-state index in [1.165, 1.54) is 0 Å². The van der Waals surface area contributed by atoms with E-state index in [-0.39, 0.29) is 25.3 Å². The van der Waals surface area contributed by atoms with E-state index in [2.05, 4.69) is 6.58 Å². The van der Waals surface area contributed by atoms with Crippen molar-refractivity contribution in [1.82, 2.24) is 4.90 Å². The number of ether oxygens (including phenoxy) is 1. The van der Waals surface area contributed by atoms with E-state index in [0.717, 1.165) is 18.2 Å². The molecule has 19 heavy (non-hydrogen) atoms. The SMILES string of the molecule is C=CCN(CC(=O)OCC)Cc1cc(F)ccc1F. The first-order chi connectivity index (χ1) is 9.06. The van der Waals surface area contributed by atoms with Gasteiger partial charge in [-0.2, -0.15) is 0 Å². The van der Waals surface area contributed by atoms with Gasteiger partial charge in [0.25, 0.3) is 0 Å². The van der Waals surface area contributed by atoms with Gasteiger partial charge < -0.3 is 4.74 Å². The van der Waals surface area contributed by atoms with Gasteiger partial charge in [0.05, 0.1) is 13.2 Å². The van der Waals surface area contributed by atoms with E-state index in [9.17, 15) is 13.6 Å². The van der Waals surface area contributed by atoms with Crippen molar-refractivity contribution >= 4 is 5.97 Å². The summed E-state index contributed by atoms with van der Waals surface area (Å²) >= 11 is 0. The van der Waals surface area contributed by atoms with Crippen molar-refractivity contribution in [3.8, 4) is 0 Å². The van der Waals surface area contributed by atoms with E-state index in [4.69, 9.17) is 4.74 Å². The number of esters is 1. The maximum atomic E-state index is 13.5. The zero-order valence-corrected chi connectivity index (χ0v) is 10.9. The molecule has 0 radical (unpaired) electrons. The second kappa shape index (κ2) is 7.63. The Kier molecular flexibility index (Phi) is 6.15. The third-order valence-corrected chi connectivity index (χ3v) is 2.45. The van der Waals surface area contributed by atoms with Crippen molar-refractivity contribution in [2.24, 2.45) is 0 Å². The molecular weight excluding hydrogens is 252 g/mol. The lowest BCUT2D eigenvalue weighted by molar-refractivity contribution is -0.144. The summed E-state index contributed by atoms with van der Waals surface area (Å²) in [5.74, 6) is -1.41. The molecular formula is C14H17F2NO2. The van der Waals surface area contributed by atoms with Gasteiger partial charge in [0, 0.05) is 18.7 Å². The van der Waals surface area contributed by atoms with Gasteiger partial charge in [0.1, 0.15) is 11.6 Å². The monoisotopic (exact) mass is 269 g/mol. The molecule has 104 valence electrons. The minimum atomic E-state index is -0.508. The highest BCUT2D eigenvalue weighted by molar-refractivity contribution is 5.71. The number of rotatable bonds is 7. The molecule has 0 aliphatic rings. The van der Waals surface area contributed by atoms with Crippen molar-refractivity contribution in [3.05, 3.63) is 48.1 Å². The van der Waals surface area contributed by atoms with Crippen LogP contribution in [0.2, 0.25) is 0 Å². The van der Waals surface area contributed by atoms with Gasteiger partial charge in [-0.15, -0.1) is 6.58 Å². The summed E-state index contributed by atoms with van der Waals surface area (Å²) in [6.07, 6.45) is 1.59. The zero-order chi connectivity index (χ0) is 14.3. The lowest BCUT2D eigenvalue weighted by Crippen LogP contribution is -2.31. The summed E-state index contributed by atoms with van der Waals surface area (Å²) in [5.41, 5.74) is 0.200. The number of benzene rings is 1. The first-order valence-electron chi connectivity index (χ1n) is 5.99. The summed E-state index contributed by atoms with van der Waals surface area (Å²) < 4.78 is 31.4. The average Bonchev–Trinajstić information content (AvgIpc) is 2.34. The van der Waals surface area contributed by atoms with Crippen molar-refractivity contribution in [2.45, 2.75) is 13.5 Å². The molecule has 1 aromatic rings. The molecule has 0 fully saturated rings. The van der Waals surface area contributed by atoms with Gasteiger partial charge in [0.2, 0.25) is 0 Å². The molecule has 0 aliphatic carbocycles. The van der Waals surface area contributed by atoms with Crippen LogP contribution >= 0.6 is 0 Å². The van der Waals surface area contributed by atoms with Gasteiger partial charge in [-0.25, -0.2) is 8.78 Å². The Bertz CT molecular complexity index is 449. The minimum Gasteiger partial charge on any atom is -0.465 e. The van der Waals surface area contributed by atoms with E-state index < -0.39 is 17.6 Å². The maximum absolute atomic E-state index is 13.5. The van der Waals surface area contributed by atoms with Gasteiger partial charge in [0.15, 0.2) is 0 Å². The van der Waals surface area contributed by atoms with Crippen LogP contribution in [0.4, 0.5) is 8.78 Å². The molecule has 0 aromatic heterocycles. The van der Waals surface area contributed by atoms with Crippen molar-refractivity contribution in [2.75, 3.05) is 19.7 Å². The van der Waals surface area contributed by atoms with E-state index >= 15 is 0 Å². The Hall–Kier alpha value is -1.75. The highest BCUT2D eigenvalue weighted by atomic mass is 19.1. The van der Waals surface area contributed by atoms with Crippen LogP contribution in [0.25, 0.3) is 0 Å². The third-order valence-electron chi connectivity index (χ3n) is 2.45. The van der Waals surface area contributed by atoms with Crippen molar-refractivity contribution in [1.29, 1.82) is 0 Å². The fourth-order valence-corrected chi connectivity index (χ4v) is 1.66. The highest BCUT2D eigenvalue weighted by Crippen LogP contribution is 2.12. The lowest BCUT2D eigenvalue weighted by atomic mass is 10.2. The highest BCUT2D eigenvalue weighted by Gasteiger charge is 2.13. The van der Waals surface area contributed by atoms with Crippen LogP contribution in [0.3, 0.4) is 0 Å². The Morgan fingerprint density at radius 2 is 2.21 bits per heavy atom. The fraction of sp³-hybridized carbons (Fsp3) is 0.357. The summed E-state index contributed by atoms with van der Waals surface area (Å²) in [5, 5.41) is 0. The molecule has 5 heteroatoms. The Balaban J connectivity index is 2.74. The zero-order valence-electron chi connectivity index (χ0n) is 10.9.